The van der Waals surface area contributed by atoms with Gasteiger partial charge in [-0.25, -0.2) is 5.43 Å². The van der Waals surface area contributed by atoms with Crippen LogP contribution in [-0.2, 0) is 0 Å². The molecule has 1 aromatic heterocycles. The number of carbonyl (C=O) groups excluding carboxylic acids is 1. The fourth-order valence-corrected chi connectivity index (χ4v) is 2.35. The fourth-order valence-electron chi connectivity index (χ4n) is 2.35. The van der Waals surface area contributed by atoms with Crippen molar-refractivity contribution >= 4 is 12.1 Å². The fraction of sp³-hybridized carbons (Fsp3) is 0.105. The van der Waals surface area contributed by atoms with Crippen LogP contribution in [0.1, 0.15) is 15.9 Å². The molecule has 7 nitrogen and oxygen atoms in total. The number of ether oxygens (including phenoxy) is 2. The molecule has 26 heavy (non-hydrogen) atoms. The van der Waals surface area contributed by atoms with E-state index in [1.165, 1.54) is 0 Å². The molecule has 1 amide bonds. The second-order valence-electron chi connectivity index (χ2n) is 5.36. The standard InChI is InChI=1S/C19H18N4O3/c1-25-16-7-3-13(4-8-16)18-15(11-20-22-18)12-21-23-19(24)14-5-9-17(26-2)10-6-14/h3-12H,1-2H3,(H,20,22)(H,23,24). The molecule has 132 valence electrons. The predicted octanol–water partition coefficient (Wildman–Crippen LogP) is 2.86. The van der Waals surface area contributed by atoms with Gasteiger partial charge in [0.05, 0.1) is 32.3 Å². The number of hydrogen-bond acceptors (Lipinski definition) is 5. The number of amides is 1. The molecule has 0 spiro atoms. The van der Waals surface area contributed by atoms with E-state index in [0.717, 1.165) is 22.6 Å². The lowest BCUT2D eigenvalue weighted by molar-refractivity contribution is 0.0955. The molecule has 0 fully saturated rings. The van der Waals surface area contributed by atoms with Crippen molar-refractivity contribution in [1.82, 2.24) is 15.6 Å². The number of aromatic amines is 1. The van der Waals surface area contributed by atoms with Gasteiger partial charge in [-0.05, 0) is 48.5 Å². The van der Waals surface area contributed by atoms with E-state index in [2.05, 4.69) is 20.7 Å². The van der Waals surface area contributed by atoms with Crippen LogP contribution in [0, 0.1) is 0 Å². The first-order valence-corrected chi connectivity index (χ1v) is 7.86. The average molecular weight is 350 g/mol. The summed E-state index contributed by atoms with van der Waals surface area (Å²) < 4.78 is 10.2. The molecule has 0 bridgehead atoms. The number of carbonyl (C=O) groups is 1. The molecule has 1 heterocycles. The first-order valence-electron chi connectivity index (χ1n) is 7.86. The summed E-state index contributed by atoms with van der Waals surface area (Å²) in [7, 11) is 3.19. The smallest absolute Gasteiger partial charge is 0.271 e. The van der Waals surface area contributed by atoms with Gasteiger partial charge in [-0.1, -0.05) is 0 Å². The Morgan fingerprint density at radius 2 is 1.65 bits per heavy atom. The lowest BCUT2D eigenvalue weighted by atomic mass is 10.1. The maximum Gasteiger partial charge on any atom is 0.271 e. The van der Waals surface area contributed by atoms with Crippen LogP contribution in [0.15, 0.2) is 59.8 Å². The number of hydrogen-bond donors (Lipinski definition) is 2. The third-order valence-corrected chi connectivity index (χ3v) is 3.77. The van der Waals surface area contributed by atoms with Crippen LogP contribution < -0.4 is 14.9 Å². The lowest BCUT2D eigenvalue weighted by Gasteiger charge is -2.03. The minimum absolute atomic E-state index is 0.307. The van der Waals surface area contributed by atoms with Crippen molar-refractivity contribution in [3.63, 3.8) is 0 Å². The Morgan fingerprint density at radius 3 is 2.27 bits per heavy atom. The predicted molar refractivity (Wildman–Crippen MR) is 98.6 cm³/mol. The van der Waals surface area contributed by atoms with E-state index in [4.69, 9.17) is 9.47 Å². The summed E-state index contributed by atoms with van der Waals surface area (Å²) in [5.74, 6) is 1.15. The van der Waals surface area contributed by atoms with Gasteiger partial charge in [0.2, 0.25) is 0 Å². The number of benzene rings is 2. The Kier molecular flexibility index (Phi) is 5.28. The first kappa shape index (κ1) is 17.2. The Labute approximate surface area is 150 Å². The molecule has 0 aliphatic heterocycles. The number of aromatic nitrogens is 2. The van der Waals surface area contributed by atoms with Crippen LogP contribution in [0.4, 0.5) is 0 Å². The summed E-state index contributed by atoms with van der Waals surface area (Å²) in [6, 6.07) is 14.3. The minimum Gasteiger partial charge on any atom is -0.497 e. The highest BCUT2D eigenvalue weighted by molar-refractivity contribution is 5.95. The van der Waals surface area contributed by atoms with Crippen molar-refractivity contribution in [3.05, 3.63) is 65.9 Å². The van der Waals surface area contributed by atoms with E-state index in [1.54, 1.807) is 50.9 Å². The average Bonchev–Trinajstić information content (AvgIpc) is 3.16. The Hall–Kier alpha value is -3.61. The highest BCUT2D eigenvalue weighted by Gasteiger charge is 2.07. The second-order valence-corrected chi connectivity index (χ2v) is 5.36. The summed E-state index contributed by atoms with van der Waals surface area (Å²) in [6.07, 6.45) is 3.19. The third kappa shape index (κ3) is 3.89. The van der Waals surface area contributed by atoms with Crippen molar-refractivity contribution in [2.75, 3.05) is 14.2 Å². The van der Waals surface area contributed by atoms with Gasteiger partial charge in [0, 0.05) is 16.7 Å². The molecule has 0 aliphatic carbocycles. The molecule has 2 N–H and O–H groups in total. The Morgan fingerprint density at radius 1 is 1.04 bits per heavy atom. The van der Waals surface area contributed by atoms with Crippen molar-refractivity contribution in [2.45, 2.75) is 0 Å². The molecular weight excluding hydrogens is 332 g/mol. The number of hydrazone groups is 1. The zero-order valence-corrected chi connectivity index (χ0v) is 14.4. The van der Waals surface area contributed by atoms with Crippen molar-refractivity contribution in [2.24, 2.45) is 5.10 Å². The van der Waals surface area contributed by atoms with Gasteiger partial charge in [0.15, 0.2) is 0 Å². The van der Waals surface area contributed by atoms with Gasteiger partial charge < -0.3 is 9.47 Å². The highest BCUT2D eigenvalue weighted by atomic mass is 16.5. The van der Waals surface area contributed by atoms with Crippen LogP contribution in [0.2, 0.25) is 0 Å². The molecule has 0 saturated carbocycles. The quantitative estimate of drug-likeness (QED) is 0.528. The summed E-state index contributed by atoms with van der Waals surface area (Å²) in [5, 5.41) is 11.0. The summed E-state index contributed by atoms with van der Waals surface area (Å²) in [4.78, 5) is 12.1. The molecule has 3 aromatic rings. The number of H-pyrrole nitrogens is 1. The normalized spacial score (nSPS) is 10.7. The van der Waals surface area contributed by atoms with Gasteiger partial charge in [0.1, 0.15) is 11.5 Å². The minimum atomic E-state index is -0.307. The third-order valence-electron chi connectivity index (χ3n) is 3.77. The largest absolute Gasteiger partial charge is 0.497 e. The van der Waals surface area contributed by atoms with Crippen LogP contribution in [0.25, 0.3) is 11.3 Å². The van der Waals surface area contributed by atoms with E-state index in [9.17, 15) is 4.79 Å². The molecule has 0 radical (unpaired) electrons. The van der Waals surface area contributed by atoms with Crippen LogP contribution in [0.5, 0.6) is 11.5 Å². The molecule has 0 aliphatic rings. The van der Waals surface area contributed by atoms with Crippen LogP contribution in [0.3, 0.4) is 0 Å². The van der Waals surface area contributed by atoms with E-state index in [-0.39, 0.29) is 5.91 Å². The van der Waals surface area contributed by atoms with E-state index >= 15 is 0 Å². The topological polar surface area (TPSA) is 88.6 Å². The van der Waals surface area contributed by atoms with Gasteiger partial charge in [-0.3, -0.25) is 9.89 Å². The van der Waals surface area contributed by atoms with Gasteiger partial charge in [0.25, 0.3) is 5.91 Å². The van der Waals surface area contributed by atoms with E-state index in [1.807, 2.05) is 24.3 Å². The maximum atomic E-state index is 12.1. The summed E-state index contributed by atoms with van der Waals surface area (Å²) in [5.41, 5.74) is 5.48. The van der Waals surface area contributed by atoms with Gasteiger partial charge in [-0.15, -0.1) is 0 Å². The molecule has 0 unspecified atom stereocenters. The van der Waals surface area contributed by atoms with Crippen molar-refractivity contribution in [3.8, 4) is 22.8 Å². The summed E-state index contributed by atoms with van der Waals surface area (Å²) >= 11 is 0. The number of nitrogens with one attached hydrogen (secondary N) is 2. The monoisotopic (exact) mass is 350 g/mol. The second kappa shape index (κ2) is 7.98. The molecule has 2 aromatic carbocycles. The molecular formula is C19H18N4O3. The number of methoxy groups -OCH3 is 2. The number of rotatable bonds is 6. The van der Waals surface area contributed by atoms with E-state index in [0.29, 0.717) is 11.3 Å². The molecule has 7 heteroatoms. The molecule has 0 saturated heterocycles. The first-order chi connectivity index (χ1) is 12.7. The highest BCUT2D eigenvalue weighted by Crippen LogP contribution is 2.22. The Balaban J connectivity index is 1.69. The van der Waals surface area contributed by atoms with Crippen molar-refractivity contribution < 1.29 is 14.3 Å². The molecule has 3 rings (SSSR count). The lowest BCUT2D eigenvalue weighted by Crippen LogP contribution is -2.17. The number of nitrogens with zero attached hydrogens (tertiary/aromatic N) is 2. The Bertz CT molecular complexity index is 899. The SMILES string of the molecule is COc1ccc(C(=O)NN=Cc2cn[nH]c2-c2ccc(OC)cc2)cc1. The maximum absolute atomic E-state index is 12.1. The van der Waals surface area contributed by atoms with E-state index < -0.39 is 0 Å². The van der Waals surface area contributed by atoms with Gasteiger partial charge in [-0.2, -0.15) is 10.2 Å². The summed E-state index contributed by atoms with van der Waals surface area (Å²) in [6.45, 7) is 0. The van der Waals surface area contributed by atoms with Crippen molar-refractivity contribution in [1.29, 1.82) is 0 Å². The zero-order valence-electron chi connectivity index (χ0n) is 14.4. The van der Waals surface area contributed by atoms with Crippen LogP contribution >= 0.6 is 0 Å². The van der Waals surface area contributed by atoms with Crippen LogP contribution in [-0.4, -0.2) is 36.5 Å². The van der Waals surface area contributed by atoms with Gasteiger partial charge >= 0.3 is 0 Å². The zero-order chi connectivity index (χ0) is 18.4. The molecule has 0 atom stereocenters.